The summed E-state index contributed by atoms with van der Waals surface area (Å²) in [5.41, 5.74) is 1.63. The lowest BCUT2D eigenvalue weighted by molar-refractivity contribution is -0.148. The number of aliphatic hydroxyl groups excluding tert-OH is 1. The van der Waals surface area contributed by atoms with Crippen molar-refractivity contribution in [2.24, 2.45) is 22.7 Å². The van der Waals surface area contributed by atoms with E-state index < -0.39 is 6.10 Å². The van der Waals surface area contributed by atoms with Crippen molar-refractivity contribution < 1.29 is 19.4 Å². The Morgan fingerprint density at radius 1 is 1.35 bits per heavy atom. The summed E-state index contributed by atoms with van der Waals surface area (Å²) < 4.78 is 11.0. The van der Waals surface area contributed by atoms with Crippen LogP contribution in [0.15, 0.2) is 11.6 Å². The fourth-order valence-electron chi connectivity index (χ4n) is 5.52. The van der Waals surface area contributed by atoms with E-state index in [0.29, 0.717) is 37.7 Å². The Balaban J connectivity index is 1.17. The highest BCUT2D eigenvalue weighted by Crippen LogP contribution is 2.59. The minimum atomic E-state index is -0.467. The van der Waals surface area contributed by atoms with Crippen LogP contribution in [-0.4, -0.2) is 61.5 Å². The predicted molar refractivity (Wildman–Crippen MR) is 98.6 cm³/mol. The summed E-state index contributed by atoms with van der Waals surface area (Å²) in [6, 6.07) is 0. The first-order chi connectivity index (χ1) is 12.4. The van der Waals surface area contributed by atoms with E-state index >= 15 is 0 Å². The summed E-state index contributed by atoms with van der Waals surface area (Å²) in [6.45, 7) is 8.70. The Labute approximate surface area is 156 Å². The second-order valence-electron chi connectivity index (χ2n) is 9.46. The third-order valence-electron chi connectivity index (χ3n) is 7.69. The van der Waals surface area contributed by atoms with E-state index in [1.165, 1.54) is 18.4 Å². The summed E-state index contributed by atoms with van der Waals surface area (Å²) in [4.78, 5) is 14.2. The van der Waals surface area contributed by atoms with Crippen molar-refractivity contribution in [1.82, 2.24) is 4.90 Å². The molecule has 1 spiro atoms. The number of piperidine rings is 1. The van der Waals surface area contributed by atoms with Gasteiger partial charge in [-0.05, 0) is 68.0 Å². The maximum absolute atomic E-state index is 11.9. The Hall–Kier alpha value is -0.910. The lowest BCUT2D eigenvalue weighted by atomic mass is 9.49. The highest BCUT2D eigenvalue weighted by molar-refractivity contribution is 5.78. The number of hydrogen-bond acceptors (Lipinski definition) is 5. The first kappa shape index (κ1) is 18.5. The molecule has 3 aliphatic carbocycles. The second kappa shape index (κ2) is 6.92. The Morgan fingerprint density at radius 3 is 2.73 bits per heavy atom. The summed E-state index contributed by atoms with van der Waals surface area (Å²) in [6.07, 6.45) is 6.95. The molecule has 1 saturated carbocycles. The number of allylic oxidation sites excluding steroid dienone is 1. The lowest BCUT2D eigenvalue weighted by Gasteiger charge is -2.56. The quantitative estimate of drug-likeness (QED) is 0.580. The zero-order chi connectivity index (χ0) is 18.4. The molecule has 3 atom stereocenters. The van der Waals surface area contributed by atoms with Crippen LogP contribution >= 0.6 is 0 Å². The van der Waals surface area contributed by atoms with E-state index in [-0.39, 0.29) is 11.4 Å². The molecule has 3 fully saturated rings. The van der Waals surface area contributed by atoms with Gasteiger partial charge in [-0.25, -0.2) is 0 Å². The minimum absolute atomic E-state index is 0.0112. The molecule has 5 aliphatic rings. The highest BCUT2D eigenvalue weighted by atomic mass is 16.5. The molecule has 0 aromatic heterocycles. The largest absolute Gasteiger partial charge is 0.465 e. The van der Waals surface area contributed by atoms with Gasteiger partial charge in [0.1, 0.15) is 0 Å². The molecule has 2 saturated heterocycles. The van der Waals surface area contributed by atoms with Crippen LogP contribution in [-0.2, 0) is 14.3 Å². The summed E-state index contributed by atoms with van der Waals surface area (Å²) in [5.74, 6) is 1.51. The topological polar surface area (TPSA) is 59.0 Å². The predicted octanol–water partition coefficient (Wildman–Crippen LogP) is 2.39. The normalized spacial score (nSPS) is 33.5. The Kier molecular flexibility index (Phi) is 4.91. The number of carbonyl (C=O) groups is 1. The third kappa shape index (κ3) is 3.23. The van der Waals surface area contributed by atoms with E-state index in [4.69, 9.17) is 9.47 Å². The molecule has 3 unspecified atom stereocenters. The number of carbonyl (C=O) groups excluding carboxylic acids is 1. The molecule has 0 amide bonds. The number of β-amino-alcohol motifs (C(OH)–C–C–N with tert-alkyl or cyclic N) is 1. The standard InChI is InChI=1S/C21H33NO4/c1-20(2)16-4-3-15(18(20)11-16)13-25-14-17(23)12-22-8-5-21(6-9-22)7-10-26-19(21)24/h3,16-18,23H,4-14H2,1-2H3. The molecule has 2 aliphatic heterocycles. The van der Waals surface area contributed by atoms with Crippen LogP contribution in [0.4, 0.5) is 0 Å². The number of aliphatic hydroxyl groups is 1. The number of hydrogen-bond donors (Lipinski definition) is 1. The number of ether oxygens (including phenoxy) is 2. The molecule has 5 heteroatoms. The summed E-state index contributed by atoms with van der Waals surface area (Å²) in [7, 11) is 0. The monoisotopic (exact) mass is 363 g/mol. The van der Waals surface area contributed by atoms with Crippen LogP contribution in [0.2, 0.25) is 0 Å². The van der Waals surface area contributed by atoms with Gasteiger partial charge in [-0.3, -0.25) is 4.79 Å². The first-order valence-corrected chi connectivity index (χ1v) is 10.2. The number of cyclic esters (lactones) is 1. The number of rotatable bonds is 6. The van der Waals surface area contributed by atoms with Crippen molar-refractivity contribution in [3.63, 3.8) is 0 Å². The third-order valence-corrected chi connectivity index (χ3v) is 7.69. The van der Waals surface area contributed by atoms with Crippen LogP contribution in [0.5, 0.6) is 0 Å². The Bertz CT molecular complexity index is 577. The molecule has 5 nitrogen and oxygen atoms in total. The van der Waals surface area contributed by atoms with Crippen molar-refractivity contribution in [2.75, 3.05) is 39.5 Å². The van der Waals surface area contributed by atoms with Gasteiger partial charge in [-0.2, -0.15) is 0 Å². The molecular formula is C21H33NO4. The SMILES string of the molecule is CC1(C)C2CC=C(COCC(O)CN3CCC4(CCOC4=O)CC3)C1C2. The zero-order valence-electron chi connectivity index (χ0n) is 16.2. The van der Waals surface area contributed by atoms with E-state index in [1.54, 1.807) is 0 Å². The molecule has 146 valence electrons. The van der Waals surface area contributed by atoms with Crippen LogP contribution in [0, 0.1) is 22.7 Å². The molecule has 2 heterocycles. The summed E-state index contributed by atoms with van der Waals surface area (Å²) >= 11 is 0. The molecule has 5 rings (SSSR count). The van der Waals surface area contributed by atoms with Gasteiger partial charge in [0.05, 0.1) is 31.3 Å². The van der Waals surface area contributed by atoms with Gasteiger partial charge >= 0.3 is 5.97 Å². The molecule has 26 heavy (non-hydrogen) atoms. The molecule has 0 aromatic carbocycles. The van der Waals surface area contributed by atoms with E-state index in [9.17, 15) is 9.90 Å². The average molecular weight is 363 g/mol. The Morgan fingerprint density at radius 2 is 2.12 bits per heavy atom. The van der Waals surface area contributed by atoms with Gasteiger partial charge in [0.2, 0.25) is 0 Å². The lowest BCUT2D eigenvalue weighted by Crippen LogP contribution is -2.49. The van der Waals surface area contributed by atoms with Crippen molar-refractivity contribution in [3.8, 4) is 0 Å². The van der Waals surface area contributed by atoms with Crippen molar-refractivity contribution in [3.05, 3.63) is 11.6 Å². The van der Waals surface area contributed by atoms with Crippen molar-refractivity contribution in [1.29, 1.82) is 0 Å². The maximum atomic E-state index is 11.9. The zero-order valence-corrected chi connectivity index (χ0v) is 16.2. The van der Waals surface area contributed by atoms with Crippen molar-refractivity contribution in [2.45, 2.75) is 52.1 Å². The van der Waals surface area contributed by atoms with Gasteiger partial charge < -0.3 is 19.5 Å². The van der Waals surface area contributed by atoms with Crippen LogP contribution in [0.1, 0.15) is 46.0 Å². The van der Waals surface area contributed by atoms with Gasteiger partial charge in [-0.15, -0.1) is 0 Å². The van der Waals surface area contributed by atoms with Gasteiger partial charge in [0.25, 0.3) is 0 Å². The van der Waals surface area contributed by atoms with Gasteiger partial charge in [0.15, 0.2) is 0 Å². The van der Waals surface area contributed by atoms with Gasteiger partial charge in [-0.1, -0.05) is 19.9 Å². The smallest absolute Gasteiger partial charge is 0.312 e. The maximum Gasteiger partial charge on any atom is 0.312 e. The number of esters is 1. The highest BCUT2D eigenvalue weighted by Gasteiger charge is 2.51. The van der Waals surface area contributed by atoms with E-state index in [2.05, 4.69) is 24.8 Å². The molecule has 0 aromatic rings. The van der Waals surface area contributed by atoms with E-state index in [0.717, 1.165) is 38.3 Å². The molecule has 2 bridgehead atoms. The van der Waals surface area contributed by atoms with Crippen LogP contribution in [0.25, 0.3) is 0 Å². The van der Waals surface area contributed by atoms with Crippen LogP contribution in [0.3, 0.4) is 0 Å². The fraction of sp³-hybridized carbons (Fsp3) is 0.857. The number of fused-ring (bicyclic) bond motifs is 1. The molecule has 1 N–H and O–H groups in total. The summed E-state index contributed by atoms with van der Waals surface area (Å²) in [5, 5.41) is 10.3. The number of likely N-dealkylation sites (tertiary alicyclic amines) is 1. The molecule has 0 radical (unpaired) electrons. The minimum Gasteiger partial charge on any atom is -0.465 e. The second-order valence-corrected chi connectivity index (χ2v) is 9.46. The first-order valence-electron chi connectivity index (χ1n) is 10.2. The van der Waals surface area contributed by atoms with E-state index in [1.807, 2.05) is 0 Å². The van der Waals surface area contributed by atoms with Crippen LogP contribution < -0.4 is 0 Å². The number of nitrogens with zero attached hydrogens (tertiary/aromatic N) is 1. The fourth-order valence-corrected chi connectivity index (χ4v) is 5.52. The van der Waals surface area contributed by atoms with Crippen molar-refractivity contribution >= 4 is 5.97 Å². The molecular weight excluding hydrogens is 330 g/mol. The average Bonchev–Trinajstić information content (AvgIpc) is 2.97. The van der Waals surface area contributed by atoms with Gasteiger partial charge in [0, 0.05) is 6.54 Å².